The van der Waals surface area contributed by atoms with Gasteiger partial charge in [-0.15, -0.1) is 0 Å². The predicted octanol–water partition coefficient (Wildman–Crippen LogP) is 2.40. The number of methoxy groups -OCH3 is 1. The lowest BCUT2D eigenvalue weighted by atomic mass is 9.41. The SMILES string of the molecule is CO[C@]12CC[C@@]3(C)[C@H](CC=C4[C@@]56CC=C([C@@H](C)O)[C@]5(C[C@@H](O)[C@@]43O1)CN(C)CCO6)C2. The Labute approximate surface area is 185 Å². The average Bonchev–Trinajstić information content (AvgIpc) is 2.94. The number of aliphatic hydroxyl groups excluding tert-OH is 2. The summed E-state index contributed by atoms with van der Waals surface area (Å²) < 4.78 is 19.9. The molecule has 0 unspecified atom stereocenters. The summed E-state index contributed by atoms with van der Waals surface area (Å²) in [6, 6.07) is 0. The summed E-state index contributed by atoms with van der Waals surface area (Å²) in [5.41, 5.74) is 0.172. The average molecular weight is 432 g/mol. The molecule has 0 aromatic heterocycles. The number of hydrogen-bond donors (Lipinski definition) is 2. The Morgan fingerprint density at radius 2 is 2.06 bits per heavy atom. The minimum atomic E-state index is -0.795. The van der Waals surface area contributed by atoms with Gasteiger partial charge in [0.1, 0.15) is 11.2 Å². The van der Waals surface area contributed by atoms with Gasteiger partial charge in [-0.2, -0.15) is 0 Å². The summed E-state index contributed by atoms with van der Waals surface area (Å²) in [5.74, 6) is -0.198. The number of allylic oxidation sites excluding steroid dienone is 1. The zero-order valence-corrected chi connectivity index (χ0v) is 19.3. The Balaban J connectivity index is 1.59. The van der Waals surface area contributed by atoms with Crippen LogP contribution in [0.2, 0.25) is 0 Å². The Morgan fingerprint density at radius 1 is 1.26 bits per heavy atom. The van der Waals surface area contributed by atoms with Gasteiger partial charge in [-0.05, 0) is 56.7 Å². The molecule has 0 aromatic carbocycles. The maximum Gasteiger partial charge on any atom is 0.169 e. The van der Waals surface area contributed by atoms with Gasteiger partial charge in [0.15, 0.2) is 5.79 Å². The zero-order chi connectivity index (χ0) is 21.9. The third kappa shape index (κ3) is 2.16. The molecule has 0 radical (unpaired) electrons. The highest BCUT2D eigenvalue weighted by Gasteiger charge is 2.79. The van der Waals surface area contributed by atoms with Crippen molar-refractivity contribution in [3.05, 3.63) is 23.3 Å². The fourth-order valence-electron chi connectivity index (χ4n) is 8.83. The number of likely N-dealkylation sites (N-methyl/N-ethyl adjacent to an activating group) is 1. The molecule has 2 saturated carbocycles. The van der Waals surface area contributed by atoms with E-state index in [1.54, 1.807) is 7.11 Å². The van der Waals surface area contributed by atoms with Crippen LogP contribution in [-0.4, -0.2) is 78.2 Å². The summed E-state index contributed by atoms with van der Waals surface area (Å²) in [6.07, 6.45) is 8.27. The molecular weight excluding hydrogens is 394 g/mol. The van der Waals surface area contributed by atoms with E-state index in [-0.39, 0.29) is 5.41 Å². The number of hydrogen-bond acceptors (Lipinski definition) is 6. The van der Waals surface area contributed by atoms with Crippen LogP contribution in [0.3, 0.4) is 0 Å². The molecular formula is C25H37NO5. The molecule has 2 N–H and O–H groups in total. The van der Waals surface area contributed by atoms with E-state index in [0.717, 1.165) is 56.3 Å². The molecule has 6 heteroatoms. The highest BCUT2D eigenvalue weighted by Crippen LogP contribution is 2.74. The lowest BCUT2D eigenvalue weighted by Crippen LogP contribution is -2.79. The van der Waals surface area contributed by atoms with Gasteiger partial charge in [0.25, 0.3) is 0 Å². The predicted molar refractivity (Wildman–Crippen MR) is 115 cm³/mol. The highest BCUT2D eigenvalue weighted by atomic mass is 16.7. The largest absolute Gasteiger partial charge is 0.390 e. The second-order valence-electron chi connectivity index (χ2n) is 11.4. The standard InChI is InChI=1S/C25H37NO5/c1-16(27)18-7-8-24-19-6-5-17-13-23(29-4)10-9-21(17,2)25(19,31-23)20(28)14-22(18,24)15-26(3)11-12-30-24/h6-7,16-17,20,27-28H,5,8-15H2,1-4H3/t16-,17-,20-,21+,22+,23-,24+,25+/m1/s1. The maximum atomic E-state index is 12.1. The normalized spacial score (nSPS) is 54.3. The topological polar surface area (TPSA) is 71.4 Å². The summed E-state index contributed by atoms with van der Waals surface area (Å²) in [7, 11) is 3.87. The van der Waals surface area contributed by atoms with E-state index in [0.29, 0.717) is 18.9 Å². The number of ether oxygens (including phenoxy) is 3. The van der Waals surface area contributed by atoms with Gasteiger partial charge in [-0.25, -0.2) is 0 Å². The molecule has 0 amide bonds. The Hall–Kier alpha value is -0.760. The van der Waals surface area contributed by atoms with Crippen molar-refractivity contribution in [2.75, 3.05) is 33.9 Å². The molecule has 6 nitrogen and oxygen atoms in total. The number of fused-ring (bicyclic) bond motifs is 1. The van der Waals surface area contributed by atoms with E-state index in [9.17, 15) is 10.2 Å². The molecule has 8 atom stereocenters. The molecule has 1 spiro atoms. The van der Waals surface area contributed by atoms with Crippen LogP contribution in [0.5, 0.6) is 0 Å². The maximum absolute atomic E-state index is 12.1. The minimum Gasteiger partial charge on any atom is -0.390 e. The first-order chi connectivity index (χ1) is 14.7. The second-order valence-corrected chi connectivity index (χ2v) is 11.4. The van der Waals surface area contributed by atoms with Gasteiger partial charge in [0, 0.05) is 43.9 Å². The molecule has 3 saturated heterocycles. The molecule has 4 bridgehead atoms. The molecule has 7 rings (SSSR count). The van der Waals surface area contributed by atoms with Crippen molar-refractivity contribution in [1.29, 1.82) is 0 Å². The van der Waals surface area contributed by atoms with Gasteiger partial charge in [-0.1, -0.05) is 19.1 Å². The third-order valence-corrected chi connectivity index (χ3v) is 10.3. The monoisotopic (exact) mass is 431 g/mol. The van der Waals surface area contributed by atoms with E-state index < -0.39 is 34.6 Å². The van der Waals surface area contributed by atoms with Crippen molar-refractivity contribution in [1.82, 2.24) is 4.90 Å². The summed E-state index contributed by atoms with van der Waals surface area (Å²) >= 11 is 0. The molecule has 3 heterocycles. The first kappa shape index (κ1) is 20.8. The van der Waals surface area contributed by atoms with Gasteiger partial charge in [0.2, 0.25) is 0 Å². The van der Waals surface area contributed by atoms with Crippen LogP contribution in [0.15, 0.2) is 23.3 Å². The molecule has 31 heavy (non-hydrogen) atoms. The summed E-state index contributed by atoms with van der Waals surface area (Å²) in [4.78, 5) is 2.30. The van der Waals surface area contributed by atoms with Crippen LogP contribution < -0.4 is 0 Å². The molecule has 0 aromatic rings. The number of rotatable bonds is 2. The first-order valence-corrected chi connectivity index (χ1v) is 12.0. The van der Waals surface area contributed by atoms with Crippen LogP contribution >= 0.6 is 0 Å². The van der Waals surface area contributed by atoms with Gasteiger partial charge in [0.05, 0.1) is 18.8 Å². The first-order valence-electron chi connectivity index (χ1n) is 12.0. The highest BCUT2D eigenvalue weighted by molar-refractivity contribution is 5.52. The van der Waals surface area contributed by atoms with E-state index >= 15 is 0 Å². The molecule has 4 aliphatic carbocycles. The van der Waals surface area contributed by atoms with Crippen LogP contribution in [0.1, 0.15) is 52.4 Å². The number of aliphatic hydroxyl groups is 2. The van der Waals surface area contributed by atoms with Crippen molar-refractivity contribution in [2.24, 2.45) is 16.7 Å². The van der Waals surface area contributed by atoms with E-state index in [4.69, 9.17) is 14.2 Å². The zero-order valence-electron chi connectivity index (χ0n) is 19.3. The smallest absolute Gasteiger partial charge is 0.169 e. The van der Waals surface area contributed by atoms with E-state index in [1.807, 2.05) is 6.92 Å². The quantitative estimate of drug-likeness (QED) is 0.655. The van der Waals surface area contributed by atoms with Crippen molar-refractivity contribution < 1.29 is 24.4 Å². The summed E-state index contributed by atoms with van der Waals surface area (Å²) in [6.45, 7) is 6.43. The molecule has 7 aliphatic rings. The van der Waals surface area contributed by atoms with Gasteiger partial charge in [-0.3, -0.25) is 0 Å². The molecule has 3 aliphatic heterocycles. The van der Waals surface area contributed by atoms with Crippen LogP contribution in [-0.2, 0) is 14.2 Å². The van der Waals surface area contributed by atoms with Gasteiger partial charge >= 0.3 is 0 Å². The van der Waals surface area contributed by atoms with Crippen LogP contribution in [0.25, 0.3) is 0 Å². The Kier molecular flexibility index (Phi) is 4.18. The van der Waals surface area contributed by atoms with Crippen LogP contribution in [0.4, 0.5) is 0 Å². The lowest BCUT2D eigenvalue weighted by Gasteiger charge is -2.73. The summed E-state index contributed by atoms with van der Waals surface area (Å²) in [5, 5.41) is 22.9. The van der Waals surface area contributed by atoms with Crippen molar-refractivity contribution in [3.8, 4) is 0 Å². The van der Waals surface area contributed by atoms with E-state index in [1.165, 1.54) is 0 Å². The van der Waals surface area contributed by atoms with Gasteiger partial charge < -0.3 is 29.3 Å². The Morgan fingerprint density at radius 3 is 2.81 bits per heavy atom. The van der Waals surface area contributed by atoms with Crippen molar-refractivity contribution in [2.45, 2.75) is 81.6 Å². The van der Waals surface area contributed by atoms with Crippen molar-refractivity contribution in [3.63, 3.8) is 0 Å². The third-order valence-electron chi connectivity index (χ3n) is 10.3. The number of nitrogens with zero attached hydrogens (tertiary/aromatic N) is 1. The minimum absolute atomic E-state index is 0.146. The fourth-order valence-corrected chi connectivity index (χ4v) is 8.83. The fraction of sp³-hybridized carbons (Fsp3) is 0.840. The van der Waals surface area contributed by atoms with Crippen molar-refractivity contribution >= 4 is 0 Å². The Bertz CT molecular complexity index is 870. The molecule has 172 valence electrons. The lowest BCUT2D eigenvalue weighted by molar-refractivity contribution is -0.407. The molecule has 5 fully saturated rings. The van der Waals surface area contributed by atoms with E-state index in [2.05, 4.69) is 31.0 Å². The van der Waals surface area contributed by atoms with Crippen LogP contribution in [0, 0.1) is 16.7 Å². The second kappa shape index (κ2) is 6.22.